The molecule has 0 aromatic heterocycles. The zero-order valence-electron chi connectivity index (χ0n) is 11.8. The van der Waals surface area contributed by atoms with E-state index in [4.69, 9.17) is 4.74 Å². The number of rotatable bonds is 3. The van der Waals surface area contributed by atoms with Gasteiger partial charge < -0.3 is 15.0 Å². The van der Waals surface area contributed by atoms with Crippen LogP contribution in [0.1, 0.15) is 5.56 Å². The second-order valence-electron chi connectivity index (χ2n) is 5.40. The molecule has 20 heavy (non-hydrogen) atoms. The number of hydrogen-bond acceptors (Lipinski definition) is 4. The first-order chi connectivity index (χ1) is 9.83. The van der Waals surface area contributed by atoms with Gasteiger partial charge in [0, 0.05) is 56.0 Å². The first kappa shape index (κ1) is 14.3. The second-order valence-corrected chi connectivity index (χ2v) is 6.31. The van der Waals surface area contributed by atoms with Crippen LogP contribution in [0.25, 0.3) is 0 Å². The van der Waals surface area contributed by atoms with E-state index < -0.39 is 0 Å². The van der Waals surface area contributed by atoms with Gasteiger partial charge in [0.1, 0.15) is 0 Å². The lowest BCUT2D eigenvalue weighted by molar-refractivity contribution is 0.122. The van der Waals surface area contributed by atoms with Crippen LogP contribution in [0.4, 0.5) is 5.69 Å². The number of morpholine rings is 1. The fraction of sp³-hybridized carbons (Fsp3) is 0.600. The Morgan fingerprint density at radius 1 is 1.10 bits per heavy atom. The monoisotopic (exact) mass is 339 g/mol. The first-order valence-corrected chi connectivity index (χ1v) is 8.16. The van der Waals surface area contributed by atoms with Crippen molar-refractivity contribution < 1.29 is 4.74 Å². The Morgan fingerprint density at radius 2 is 1.85 bits per heavy atom. The topological polar surface area (TPSA) is 27.7 Å². The van der Waals surface area contributed by atoms with E-state index in [-0.39, 0.29) is 0 Å². The van der Waals surface area contributed by atoms with Crippen LogP contribution in [-0.4, -0.2) is 57.4 Å². The van der Waals surface area contributed by atoms with Crippen molar-refractivity contribution in [3.63, 3.8) is 0 Å². The van der Waals surface area contributed by atoms with Gasteiger partial charge in [0.2, 0.25) is 0 Å². The lowest BCUT2D eigenvalue weighted by atomic mass is 10.1. The Balaban J connectivity index is 1.77. The fourth-order valence-corrected chi connectivity index (χ4v) is 3.31. The summed E-state index contributed by atoms with van der Waals surface area (Å²) in [4.78, 5) is 4.98. The molecule has 0 unspecified atom stereocenters. The lowest BCUT2D eigenvalue weighted by Crippen LogP contribution is -2.43. The third-order valence-corrected chi connectivity index (χ3v) is 4.49. The minimum atomic E-state index is 0.836. The van der Waals surface area contributed by atoms with Crippen LogP contribution in [0.2, 0.25) is 0 Å². The third kappa shape index (κ3) is 3.52. The van der Waals surface area contributed by atoms with Crippen molar-refractivity contribution in [3.8, 4) is 0 Å². The van der Waals surface area contributed by atoms with Gasteiger partial charge in [-0.05, 0) is 23.8 Å². The predicted octanol–water partition coefficient (Wildman–Crippen LogP) is 1.69. The normalized spacial score (nSPS) is 21.1. The van der Waals surface area contributed by atoms with Gasteiger partial charge in [-0.1, -0.05) is 15.9 Å². The molecule has 0 radical (unpaired) electrons. The van der Waals surface area contributed by atoms with E-state index in [1.165, 1.54) is 15.7 Å². The van der Waals surface area contributed by atoms with Gasteiger partial charge in [0.05, 0.1) is 13.2 Å². The summed E-state index contributed by atoms with van der Waals surface area (Å²) < 4.78 is 6.63. The van der Waals surface area contributed by atoms with Gasteiger partial charge in [-0.25, -0.2) is 0 Å². The number of piperazine rings is 1. The zero-order chi connectivity index (χ0) is 13.8. The number of nitrogens with zero attached hydrogens (tertiary/aromatic N) is 2. The molecule has 2 fully saturated rings. The predicted molar refractivity (Wildman–Crippen MR) is 85.3 cm³/mol. The van der Waals surface area contributed by atoms with Crippen LogP contribution in [0.3, 0.4) is 0 Å². The van der Waals surface area contributed by atoms with Crippen molar-refractivity contribution in [2.45, 2.75) is 6.54 Å². The highest BCUT2D eigenvalue weighted by atomic mass is 79.9. The third-order valence-electron chi connectivity index (χ3n) is 4.00. The Bertz CT molecular complexity index is 443. The first-order valence-electron chi connectivity index (χ1n) is 7.37. The molecule has 2 heterocycles. The van der Waals surface area contributed by atoms with Gasteiger partial charge in [-0.2, -0.15) is 0 Å². The number of benzene rings is 1. The van der Waals surface area contributed by atoms with E-state index in [2.05, 4.69) is 49.2 Å². The average molecular weight is 340 g/mol. The maximum Gasteiger partial charge on any atom is 0.0642 e. The maximum atomic E-state index is 5.47. The highest BCUT2D eigenvalue weighted by Crippen LogP contribution is 2.26. The summed E-state index contributed by atoms with van der Waals surface area (Å²) >= 11 is 3.61. The molecule has 1 aromatic rings. The molecule has 0 bridgehead atoms. The summed E-state index contributed by atoms with van der Waals surface area (Å²) in [6.45, 7) is 9.17. The van der Waals surface area contributed by atoms with Crippen LogP contribution in [0, 0.1) is 0 Å². The Kier molecular flexibility index (Phi) is 4.94. The van der Waals surface area contributed by atoms with Gasteiger partial charge in [0.15, 0.2) is 0 Å². The summed E-state index contributed by atoms with van der Waals surface area (Å²) in [7, 11) is 0. The Morgan fingerprint density at radius 3 is 2.60 bits per heavy atom. The average Bonchev–Trinajstić information content (AvgIpc) is 2.49. The van der Waals surface area contributed by atoms with Crippen molar-refractivity contribution in [2.75, 3.05) is 57.4 Å². The largest absolute Gasteiger partial charge is 0.378 e. The van der Waals surface area contributed by atoms with Crippen LogP contribution in [-0.2, 0) is 11.3 Å². The molecule has 0 amide bonds. The number of ether oxygens (including phenoxy) is 1. The Labute approximate surface area is 129 Å². The molecule has 110 valence electrons. The van der Waals surface area contributed by atoms with E-state index in [9.17, 15) is 0 Å². The van der Waals surface area contributed by atoms with Crippen LogP contribution in [0.5, 0.6) is 0 Å². The molecule has 0 aliphatic carbocycles. The van der Waals surface area contributed by atoms with Crippen molar-refractivity contribution >= 4 is 21.6 Å². The van der Waals surface area contributed by atoms with E-state index in [1.807, 2.05) is 0 Å². The summed E-state index contributed by atoms with van der Waals surface area (Å²) in [5.74, 6) is 0. The summed E-state index contributed by atoms with van der Waals surface area (Å²) in [5, 5.41) is 3.41. The van der Waals surface area contributed by atoms with Crippen LogP contribution in [0.15, 0.2) is 22.7 Å². The summed E-state index contributed by atoms with van der Waals surface area (Å²) in [6.07, 6.45) is 0. The standard InChI is InChI=1S/C15H22BrN3O/c16-14-1-2-15(19-7-9-20-10-8-19)13(11-14)12-18-5-3-17-4-6-18/h1-2,11,17H,3-10,12H2. The molecule has 2 aliphatic heterocycles. The quantitative estimate of drug-likeness (QED) is 0.906. The zero-order valence-corrected chi connectivity index (χ0v) is 13.4. The van der Waals surface area contributed by atoms with Crippen LogP contribution < -0.4 is 10.2 Å². The van der Waals surface area contributed by atoms with E-state index in [0.29, 0.717) is 0 Å². The highest BCUT2D eigenvalue weighted by Gasteiger charge is 2.17. The summed E-state index contributed by atoms with van der Waals surface area (Å²) in [6, 6.07) is 6.66. The number of halogens is 1. The molecule has 0 spiro atoms. The molecule has 2 aliphatic rings. The molecule has 4 nitrogen and oxygen atoms in total. The molecule has 2 saturated heterocycles. The molecule has 1 N–H and O–H groups in total. The number of anilines is 1. The molecule has 1 aromatic carbocycles. The van der Waals surface area contributed by atoms with Crippen molar-refractivity contribution in [3.05, 3.63) is 28.2 Å². The highest BCUT2D eigenvalue weighted by molar-refractivity contribution is 9.10. The minimum Gasteiger partial charge on any atom is -0.378 e. The van der Waals surface area contributed by atoms with E-state index in [0.717, 1.165) is 59.0 Å². The maximum absolute atomic E-state index is 5.47. The number of hydrogen-bond donors (Lipinski definition) is 1. The Hall–Kier alpha value is -0.620. The van der Waals surface area contributed by atoms with E-state index in [1.54, 1.807) is 0 Å². The minimum absolute atomic E-state index is 0.836. The van der Waals surface area contributed by atoms with Crippen LogP contribution >= 0.6 is 15.9 Å². The smallest absolute Gasteiger partial charge is 0.0642 e. The molecule has 0 saturated carbocycles. The number of nitrogens with one attached hydrogen (secondary N) is 1. The van der Waals surface area contributed by atoms with Gasteiger partial charge in [0.25, 0.3) is 0 Å². The molecule has 3 rings (SSSR count). The van der Waals surface area contributed by atoms with Gasteiger partial charge >= 0.3 is 0 Å². The SMILES string of the molecule is Brc1ccc(N2CCOCC2)c(CN2CCNCC2)c1. The van der Waals surface area contributed by atoms with Gasteiger partial charge in [-0.3, -0.25) is 4.90 Å². The lowest BCUT2D eigenvalue weighted by Gasteiger charge is -2.33. The fourth-order valence-electron chi connectivity index (χ4n) is 2.90. The molecular formula is C15H22BrN3O. The van der Waals surface area contributed by atoms with Crippen molar-refractivity contribution in [2.24, 2.45) is 0 Å². The van der Waals surface area contributed by atoms with Gasteiger partial charge in [-0.15, -0.1) is 0 Å². The van der Waals surface area contributed by atoms with Crippen molar-refractivity contribution in [1.29, 1.82) is 0 Å². The molecule has 0 atom stereocenters. The van der Waals surface area contributed by atoms with Crippen molar-refractivity contribution in [1.82, 2.24) is 10.2 Å². The van der Waals surface area contributed by atoms with E-state index >= 15 is 0 Å². The second kappa shape index (κ2) is 6.89. The molecule has 5 heteroatoms. The summed E-state index contributed by atoms with van der Waals surface area (Å²) in [5.41, 5.74) is 2.79. The molecular weight excluding hydrogens is 318 g/mol.